The van der Waals surface area contributed by atoms with E-state index >= 15 is 0 Å². The lowest BCUT2D eigenvalue weighted by molar-refractivity contribution is 0.162. The molecule has 0 saturated carbocycles. The summed E-state index contributed by atoms with van der Waals surface area (Å²) in [7, 11) is 0. The van der Waals surface area contributed by atoms with E-state index in [1.807, 2.05) is 0 Å². The van der Waals surface area contributed by atoms with Crippen molar-refractivity contribution in [3.05, 3.63) is 64.2 Å². The van der Waals surface area contributed by atoms with Crippen LogP contribution in [0.5, 0.6) is 0 Å². The van der Waals surface area contributed by atoms with Gasteiger partial charge in [-0.25, -0.2) is 22.0 Å². The lowest BCUT2D eigenvalue weighted by Gasteiger charge is -2.15. The average molecular weight is 303 g/mol. The van der Waals surface area contributed by atoms with E-state index in [-0.39, 0.29) is 6.42 Å². The molecule has 1 unspecified atom stereocenters. The van der Waals surface area contributed by atoms with Crippen molar-refractivity contribution in [2.45, 2.75) is 19.4 Å². The minimum Gasteiger partial charge on any atom is -0.388 e. The summed E-state index contributed by atoms with van der Waals surface area (Å²) in [6.45, 7) is 1.65. The number of nitrogens with zero attached hydrogens (tertiary/aromatic N) is 1. The van der Waals surface area contributed by atoms with E-state index in [4.69, 9.17) is 0 Å². The summed E-state index contributed by atoms with van der Waals surface area (Å²) < 4.78 is 66.2. The molecule has 21 heavy (non-hydrogen) atoms. The molecule has 2 rings (SSSR count). The van der Waals surface area contributed by atoms with Crippen LogP contribution in [0, 0.1) is 36.0 Å². The van der Waals surface area contributed by atoms with Gasteiger partial charge in [-0.1, -0.05) is 6.07 Å². The number of halogens is 5. The van der Waals surface area contributed by atoms with E-state index in [0.717, 1.165) is 0 Å². The Bertz CT molecular complexity index is 660. The normalized spacial score (nSPS) is 12.5. The Hall–Kier alpha value is -2.02. The van der Waals surface area contributed by atoms with Gasteiger partial charge >= 0.3 is 0 Å². The highest BCUT2D eigenvalue weighted by Crippen LogP contribution is 2.29. The first-order chi connectivity index (χ1) is 9.84. The number of aliphatic hydroxyl groups excluding tert-OH is 1. The van der Waals surface area contributed by atoms with Crippen LogP contribution in [0.4, 0.5) is 22.0 Å². The molecule has 1 atom stereocenters. The van der Waals surface area contributed by atoms with Crippen LogP contribution in [0.3, 0.4) is 0 Å². The van der Waals surface area contributed by atoms with Crippen LogP contribution in [0.1, 0.15) is 22.9 Å². The number of hydrogen-bond donors (Lipinski definition) is 1. The molecule has 0 bridgehead atoms. The van der Waals surface area contributed by atoms with Crippen molar-refractivity contribution >= 4 is 0 Å². The number of hydrogen-bond acceptors (Lipinski definition) is 2. The monoisotopic (exact) mass is 303 g/mol. The molecule has 7 heteroatoms. The molecule has 112 valence electrons. The fourth-order valence-electron chi connectivity index (χ4n) is 1.93. The van der Waals surface area contributed by atoms with Gasteiger partial charge in [-0.3, -0.25) is 4.98 Å². The molecule has 0 saturated heterocycles. The zero-order valence-corrected chi connectivity index (χ0v) is 10.8. The highest BCUT2D eigenvalue weighted by molar-refractivity contribution is 5.28. The van der Waals surface area contributed by atoms with E-state index in [9.17, 15) is 27.1 Å². The molecular weight excluding hydrogens is 293 g/mol. The number of rotatable bonds is 3. The minimum atomic E-state index is -2.25. The molecule has 1 aromatic carbocycles. The lowest BCUT2D eigenvalue weighted by atomic mass is 10.0. The van der Waals surface area contributed by atoms with Crippen LogP contribution in [-0.4, -0.2) is 10.1 Å². The molecule has 1 heterocycles. The van der Waals surface area contributed by atoms with E-state index in [1.165, 1.54) is 6.20 Å². The largest absolute Gasteiger partial charge is 0.388 e. The maximum Gasteiger partial charge on any atom is 0.200 e. The lowest BCUT2D eigenvalue weighted by Crippen LogP contribution is -2.14. The van der Waals surface area contributed by atoms with Crippen LogP contribution >= 0.6 is 0 Å². The summed E-state index contributed by atoms with van der Waals surface area (Å²) in [6, 6.07) is 3.26. The second kappa shape index (κ2) is 5.77. The Labute approximate surface area is 116 Å². The van der Waals surface area contributed by atoms with Crippen LogP contribution in [-0.2, 0) is 6.42 Å². The van der Waals surface area contributed by atoms with Gasteiger partial charge in [0.25, 0.3) is 0 Å². The van der Waals surface area contributed by atoms with Crippen molar-refractivity contribution in [2.75, 3.05) is 0 Å². The summed E-state index contributed by atoms with van der Waals surface area (Å²) in [6.07, 6.45) is -0.873. The van der Waals surface area contributed by atoms with Crippen LogP contribution in [0.15, 0.2) is 18.3 Å². The maximum absolute atomic E-state index is 13.6. The van der Waals surface area contributed by atoms with Crippen molar-refractivity contribution in [3.63, 3.8) is 0 Å². The molecule has 0 aliphatic carbocycles. The second-order valence-electron chi connectivity index (χ2n) is 4.47. The first-order valence-electron chi connectivity index (χ1n) is 5.94. The van der Waals surface area contributed by atoms with Crippen LogP contribution in [0.2, 0.25) is 0 Å². The Morgan fingerprint density at radius 3 is 2.05 bits per heavy atom. The van der Waals surface area contributed by atoms with Crippen molar-refractivity contribution in [1.82, 2.24) is 4.98 Å². The molecule has 2 aromatic rings. The average Bonchev–Trinajstić information content (AvgIpc) is 2.46. The van der Waals surface area contributed by atoms with E-state index in [0.29, 0.717) is 11.3 Å². The predicted molar refractivity (Wildman–Crippen MR) is 63.9 cm³/mol. The fraction of sp³-hybridized carbons (Fsp3) is 0.214. The van der Waals surface area contributed by atoms with E-state index in [2.05, 4.69) is 4.98 Å². The van der Waals surface area contributed by atoms with Crippen molar-refractivity contribution < 1.29 is 27.1 Å². The Balaban J connectivity index is 2.45. The number of benzene rings is 1. The predicted octanol–water partition coefficient (Wildman–Crippen LogP) is 3.36. The van der Waals surface area contributed by atoms with Gasteiger partial charge in [0, 0.05) is 18.3 Å². The first kappa shape index (κ1) is 15.4. The summed E-state index contributed by atoms with van der Waals surface area (Å²) >= 11 is 0. The number of aliphatic hydroxyl groups is 1. The SMILES string of the molecule is Cc1cccnc1CC(O)c1c(F)c(F)c(F)c(F)c1F. The molecule has 2 nitrogen and oxygen atoms in total. The van der Waals surface area contributed by atoms with Gasteiger partial charge in [0.15, 0.2) is 23.3 Å². The van der Waals surface area contributed by atoms with Crippen molar-refractivity contribution in [3.8, 4) is 0 Å². The molecule has 0 spiro atoms. The van der Waals surface area contributed by atoms with Crippen molar-refractivity contribution in [1.29, 1.82) is 0 Å². The number of aryl methyl sites for hydroxylation is 1. The zero-order valence-electron chi connectivity index (χ0n) is 10.8. The minimum absolute atomic E-state index is 0.300. The van der Waals surface area contributed by atoms with Gasteiger partial charge in [-0.2, -0.15) is 0 Å². The fourth-order valence-corrected chi connectivity index (χ4v) is 1.93. The summed E-state index contributed by atoms with van der Waals surface area (Å²) in [5.74, 6) is -10.5. The molecule has 0 fully saturated rings. The number of pyridine rings is 1. The molecule has 0 aliphatic heterocycles. The topological polar surface area (TPSA) is 33.1 Å². The maximum atomic E-state index is 13.6. The first-order valence-corrected chi connectivity index (χ1v) is 5.94. The molecule has 0 radical (unpaired) electrons. The highest BCUT2D eigenvalue weighted by atomic mass is 19.2. The smallest absolute Gasteiger partial charge is 0.200 e. The van der Waals surface area contributed by atoms with Gasteiger partial charge in [0.2, 0.25) is 5.82 Å². The van der Waals surface area contributed by atoms with Gasteiger partial charge in [0.1, 0.15) is 0 Å². The molecule has 0 aliphatic rings. The Morgan fingerprint density at radius 1 is 1.00 bits per heavy atom. The third-order valence-corrected chi connectivity index (χ3v) is 3.08. The summed E-state index contributed by atoms with van der Waals surface area (Å²) in [5, 5.41) is 9.82. The molecule has 1 N–H and O–H groups in total. The van der Waals surface area contributed by atoms with Crippen molar-refractivity contribution in [2.24, 2.45) is 0 Å². The highest BCUT2D eigenvalue weighted by Gasteiger charge is 2.29. The summed E-state index contributed by atoms with van der Waals surface area (Å²) in [4.78, 5) is 3.90. The molecule has 0 amide bonds. The third-order valence-electron chi connectivity index (χ3n) is 3.08. The van der Waals surface area contributed by atoms with E-state index in [1.54, 1.807) is 19.1 Å². The zero-order chi connectivity index (χ0) is 15.7. The van der Waals surface area contributed by atoms with E-state index < -0.39 is 40.8 Å². The third kappa shape index (κ3) is 2.73. The van der Waals surface area contributed by atoms with Crippen LogP contribution in [0.25, 0.3) is 0 Å². The Kier molecular flexibility index (Phi) is 4.22. The van der Waals surface area contributed by atoms with Gasteiger partial charge in [0.05, 0.1) is 11.7 Å². The Morgan fingerprint density at radius 2 is 1.52 bits per heavy atom. The second-order valence-corrected chi connectivity index (χ2v) is 4.47. The molecular formula is C14H10F5NO. The van der Waals surface area contributed by atoms with Gasteiger partial charge in [-0.15, -0.1) is 0 Å². The van der Waals surface area contributed by atoms with Gasteiger partial charge in [-0.05, 0) is 18.6 Å². The standard InChI is InChI=1S/C14H10F5NO/c1-6-3-2-4-20-7(6)5-8(21)9-10(15)12(17)14(19)13(18)11(9)16/h2-4,8,21H,5H2,1H3. The summed E-state index contributed by atoms with van der Waals surface area (Å²) in [5.41, 5.74) is -0.328. The van der Waals surface area contributed by atoms with Crippen LogP contribution < -0.4 is 0 Å². The quantitative estimate of drug-likeness (QED) is 0.536. The molecule has 1 aromatic heterocycles. The van der Waals surface area contributed by atoms with Gasteiger partial charge < -0.3 is 5.11 Å². The number of aromatic nitrogens is 1.